The molecule has 96 valence electrons. The van der Waals surface area contributed by atoms with Crippen molar-refractivity contribution < 1.29 is 0 Å². The van der Waals surface area contributed by atoms with Crippen molar-refractivity contribution in [3.8, 4) is 6.07 Å². The third kappa shape index (κ3) is 2.95. The summed E-state index contributed by atoms with van der Waals surface area (Å²) < 4.78 is 0. The van der Waals surface area contributed by atoms with Gasteiger partial charge in [0, 0.05) is 18.3 Å². The molecule has 0 unspecified atom stereocenters. The van der Waals surface area contributed by atoms with Gasteiger partial charge in [0.2, 0.25) is 0 Å². The molecule has 1 aromatic rings. The molecule has 0 aromatic heterocycles. The quantitative estimate of drug-likeness (QED) is 0.808. The molecule has 1 aliphatic carbocycles. The van der Waals surface area contributed by atoms with Gasteiger partial charge in [0.1, 0.15) is 6.07 Å². The van der Waals surface area contributed by atoms with Crippen LogP contribution in [-0.4, -0.2) is 12.6 Å². The number of anilines is 2. The van der Waals surface area contributed by atoms with Crippen molar-refractivity contribution >= 4 is 11.4 Å². The first-order valence-corrected chi connectivity index (χ1v) is 6.68. The Balaban J connectivity index is 2.22. The molecule has 0 radical (unpaired) electrons. The molecule has 0 spiro atoms. The molecule has 0 heterocycles. The SMILES string of the molecule is CC(C)CCN(c1ccc(N)cc1C#N)C1CC1. The van der Waals surface area contributed by atoms with Crippen molar-refractivity contribution in [1.82, 2.24) is 0 Å². The molecule has 0 aliphatic heterocycles. The third-order valence-electron chi connectivity index (χ3n) is 3.39. The Bertz CT molecular complexity index is 455. The first-order chi connectivity index (χ1) is 8.61. The van der Waals surface area contributed by atoms with Crippen LogP contribution < -0.4 is 10.6 Å². The van der Waals surface area contributed by atoms with Gasteiger partial charge in [-0.15, -0.1) is 0 Å². The summed E-state index contributed by atoms with van der Waals surface area (Å²) in [7, 11) is 0. The van der Waals surface area contributed by atoms with E-state index in [1.54, 1.807) is 6.07 Å². The molecule has 2 N–H and O–H groups in total. The zero-order chi connectivity index (χ0) is 13.1. The molecule has 2 rings (SSSR count). The maximum absolute atomic E-state index is 9.24. The van der Waals surface area contributed by atoms with E-state index in [4.69, 9.17) is 5.73 Å². The molecule has 3 nitrogen and oxygen atoms in total. The van der Waals surface area contributed by atoms with E-state index in [-0.39, 0.29) is 0 Å². The predicted octanol–water partition coefficient (Wildman–Crippen LogP) is 3.16. The molecule has 1 aliphatic rings. The van der Waals surface area contributed by atoms with Crippen LogP contribution in [0.25, 0.3) is 0 Å². The lowest BCUT2D eigenvalue weighted by atomic mass is 10.1. The average molecular weight is 243 g/mol. The molecule has 0 bridgehead atoms. The third-order valence-corrected chi connectivity index (χ3v) is 3.39. The second-order valence-corrected chi connectivity index (χ2v) is 5.50. The van der Waals surface area contributed by atoms with Gasteiger partial charge in [-0.05, 0) is 43.4 Å². The van der Waals surface area contributed by atoms with E-state index in [2.05, 4.69) is 24.8 Å². The zero-order valence-electron chi connectivity index (χ0n) is 11.2. The Morgan fingerprint density at radius 3 is 2.72 bits per heavy atom. The summed E-state index contributed by atoms with van der Waals surface area (Å²) in [5.74, 6) is 0.686. The minimum atomic E-state index is 0.625. The van der Waals surface area contributed by atoms with E-state index in [0.717, 1.165) is 18.7 Å². The fourth-order valence-electron chi connectivity index (χ4n) is 2.18. The highest BCUT2D eigenvalue weighted by Crippen LogP contribution is 2.34. The fraction of sp³-hybridized carbons (Fsp3) is 0.533. The van der Waals surface area contributed by atoms with Gasteiger partial charge < -0.3 is 10.6 Å². The number of hydrogen-bond donors (Lipinski definition) is 1. The van der Waals surface area contributed by atoms with E-state index in [1.165, 1.54) is 12.8 Å². The maximum atomic E-state index is 9.24. The van der Waals surface area contributed by atoms with Crippen LogP contribution in [0.3, 0.4) is 0 Å². The van der Waals surface area contributed by atoms with Gasteiger partial charge in [0.25, 0.3) is 0 Å². The van der Waals surface area contributed by atoms with E-state index in [9.17, 15) is 5.26 Å². The number of rotatable bonds is 5. The van der Waals surface area contributed by atoms with Gasteiger partial charge in [0.15, 0.2) is 0 Å². The van der Waals surface area contributed by atoms with E-state index < -0.39 is 0 Å². The number of nitriles is 1. The van der Waals surface area contributed by atoms with Gasteiger partial charge in [-0.1, -0.05) is 13.8 Å². The monoisotopic (exact) mass is 243 g/mol. The molecular weight excluding hydrogens is 222 g/mol. The van der Waals surface area contributed by atoms with Crippen molar-refractivity contribution in [3.63, 3.8) is 0 Å². The van der Waals surface area contributed by atoms with E-state index in [0.29, 0.717) is 23.2 Å². The molecule has 3 heteroatoms. The van der Waals surface area contributed by atoms with Crippen molar-refractivity contribution in [2.24, 2.45) is 5.92 Å². The second kappa shape index (κ2) is 5.30. The molecule has 1 fully saturated rings. The highest BCUT2D eigenvalue weighted by atomic mass is 15.2. The first-order valence-electron chi connectivity index (χ1n) is 6.68. The normalized spacial score (nSPS) is 14.6. The summed E-state index contributed by atoms with van der Waals surface area (Å²) in [6.07, 6.45) is 3.65. The summed E-state index contributed by atoms with van der Waals surface area (Å²) in [5.41, 5.74) is 8.16. The molecule has 1 aromatic carbocycles. The smallest absolute Gasteiger partial charge is 0.101 e. The minimum Gasteiger partial charge on any atom is -0.399 e. The Morgan fingerprint density at radius 1 is 1.44 bits per heavy atom. The summed E-state index contributed by atoms with van der Waals surface area (Å²) in [6.45, 7) is 5.50. The number of benzene rings is 1. The lowest BCUT2D eigenvalue weighted by molar-refractivity contribution is 0.570. The highest BCUT2D eigenvalue weighted by Gasteiger charge is 2.30. The summed E-state index contributed by atoms with van der Waals surface area (Å²) in [5, 5.41) is 9.24. The molecule has 0 amide bonds. The standard InChI is InChI=1S/C15H21N3/c1-11(2)7-8-18(14-4-5-14)15-6-3-13(17)9-12(15)10-16/h3,6,9,11,14H,4-5,7-8,17H2,1-2H3. The van der Waals surface area contributed by atoms with Gasteiger partial charge in [-0.3, -0.25) is 0 Å². The molecule has 0 atom stereocenters. The van der Waals surface area contributed by atoms with Crippen molar-refractivity contribution in [2.75, 3.05) is 17.2 Å². The topological polar surface area (TPSA) is 53.0 Å². The first kappa shape index (κ1) is 12.8. The van der Waals surface area contributed by atoms with Crippen LogP contribution >= 0.6 is 0 Å². The van der Waals surface area contributed by atoms with Crippen LogP contribution in [0.15, 0.2) is 18.2 Å². The van der Waals surface area contributed by atoms with Crippen LogP contribution in [0.1, 0.15) is 38.7 Å². The predicted molar refractivity (Wildman–Crippen MR) is 75.4 cm³/mol. The Hall–Kier alpha value is -1.69. The Morgan fingerprint density at radius 2 is 2.17 bits per heavy atom. The summed E-state index contributed by atoms with van der Waals surface area (Å²) in [6, 6.07) is 8.55. The van der Waals surface area contributed by atoms with Crippen LogP contribution in [0.5, 0.6) is 0 Å². The summed E-state index contributed by atoms with van der Waals surface area (Å²) >= 11 is 0. The molecule has 1 saturated carbocycles. The van der Waals surface area contributed by atoms with Gasteiger partial charge >= 0.3 is 0 Å². The number of hydrogen-bond acceptors (Lipinski definition) is 3. The van der Waals surface area contributed by atoms with E-state index in [1.807, 2.05) is 12.1 Å². The van der Waals surface area contributed by atoms with Gasteiger partial charge in [-0.25, -0.2) is 0 Å². The Labute approximate surface area is 109 Å². The largest absolute Gasteiger partial charge is 0.399 e. The van der Waals surface area contributed by atoms with E-state index >= 15 is 0 Å². The average Bonchev–Trinajstić information content (AvgIpc) is 3.15. The highest BCUT2D eigenvalue weighted by molar-refractivity contribution is 5.65. The number of nitrogen functional groups attached to an aromatic ring is 1. The molecule has 18 heavy (non-hydrogen) atoms. The van der Waals surface area contributed by atoms with Crippen LogP contribution in [0.4, 0.5) is 11.4 Å². The van der Waals surface area contributed by atoms with Crippen molar-refractivity contribution in [1.29, 1.82) is 5.26 Å². The summed E-state index contributed by atoms with van der Waals surface area (Å²) in [4.78, 5) is 2.39. The molecule has 0 saturated heterocycles. The fourth-order valence-corrected chi connectivity index (χ4v) is 2.18. The van der Waals surface area contributed by atoms with Gasteiger partial charge in [-0.2, -0.15) is 5.26 Å². The lowest BCUT2D eigenvalue weighted by Gasteiger charge is -2.26. The molecular formula is C15H21N3. The van der Waals surface area contributed by atoms with Gasteiger partial charge in [0.05, 0.1) is 11.3 Å². The number of nitrogens with zero attached hydrogens (tertiary/aromatic N) is 2. The zero-order valence-corrected chi connectivity index (χ0v) is 11.2. The number of nitrogens with two attached hydrogens (primary N) is 1. The lowest BCUT2D eigenvalue weighted by Crippen LogP contribution is -2.28. The minimum absolute atomic E-state index is 0.625. The van der Waals surface area contributed by atoms with Crippen LogP contribution in [-0.2, 0) is 0 Å². The van der Waals surface area contributed by atoms with Crippen LogP contribution in [0.2, 0.25) is 0 Å². The second-order valence-electron chi connectivity index (χ2n) is 5.50. The maximum Gasteiger partial charge on any atom is 0.101 e. The Kier molecular flexibility index (Phi) is 3.76. The van der Waals surface area contributed by atoms with Crippen molar-refractivity contribution in [3.05, 3.63) is 23.8 Å². The van der Waals surface area contributed by atoms with Crippen LogP contribution in [0, 0.1) is 17.2 Å². The van der Waals surface area contributed by atoms with Crippen molar-refractivity contribution in [2.45, 2.75) is 39.2 Å².